The number of para-hydroxylation sites is 1. The minimum atomic E-state index is 0.0235. The van der Waals surface area contributed by atoms with Crippen LogP contribution in [0.3, 0.4) is 0 Å². The molecule has 4 nitrogen and oxygen atoms in total. The fraction of sp³-hybridized carbons (Fsp3) is 0.500. The van der Waals surface area contributed by atoms with Crippen LogP contribution in [0.4, 0.5) is 11.4 Å². The fourth-order valence-electron chi connectivity index (χ4n) is 2.25. The average Bonchev–Trinajstić information content (AvgIpc) is 2.39. The molecule has 2 N–H and O–H groups in total. The van der Waals surface area contributed by atoms with E-state index in [1.54, 1.807) is 0 Å². The summed E-state index contributed by atoms with van der Waals surface area (Å²) in [5.74, 6) is 2.14. The van der Waals surface area contributed by atoms with Gasteiger partial charge >= 0.3 is 0 Å². The first-order valence-corrected chi connectivity index (χ1v) is 8.18. The van der Waals surface area contributed by atoms with Gasteiger partial charge in [-0.25, -0.2) is 0 Å². The van der Waals surface area contributed by atoms with E-state index in [0.29, 0.717) is 11.4 Å². The molecule has 1 aliphatic heterocycles. The Balaban J connectivity index is 2.02. The topological polar surface area (TPSA) is 44.4 Å². The predicted octanol–water partition coefficient (Wildman–Crippen LogP) is 2.44. The lowest BCUT2D eigenvalue weighted by Gasteiger charge is -2.23. The van der Waals surface area contributed by atoms with E-state index in [1.165, 1.54) is 0 Å². The molecule has 1 amide bonds. The number of carbonyl (C=O) groups is 1. The molecular formula is C14H20ClN3OS. The van der Waals surface area contributed by atoms with Gasteiger partial charge in [0.25, 0.3) is 0 Å². The van der Waals surface area contributed by atoms with E-state index in [0.717, 1.165) is 29.4 Å². The molecule has 0 spiro atoms. The molecule has 0 saturated carbocycles. The molecule has 1 unspecified atom stereocenters. The first-order valence-electron chi connectivity index (χ1n) is 6.64. The van der Waals surface area contributed by atoms with Crippen molar-refractivity contribution in [2.75, 3.05) is 42.4 Å². The average molecular weight is 314 g/mol. The van der Waals surface area contributed by atoms with Gasteiger partial charge in [0.15, 0.2) is 0 Å². The van der Waals surface area contributed by atoms with Gasteiger partial charge < -0.3 is 15.5 Å². The smallest absolute Gasteiger partial charge is 0.226 e. The van der Waals surface area contributed by atoms with Crippen LogP contribution in [0, 0.1) is 0 Å². The molecule has 1 aromatic rings. The molecule has 1 atom stereocenters. The monoisotopic (exact) mass is 313 g/mol. The Hall–Kier alpha value is -0.910. The summed E-state index contributed by atoms with van der Waals surface area (Å²) in [6.45, 7) is 0.975. The number of thioether (sulfide) groups is 1. The highest BCUT2D eigenvalue weighted by Gasteiger charge is 2.18. The first-order chi connectivity index (χ1) is 9.58. The third-order valence-corrected chi connectivity index (χ3v) is 4.57. The lowest BCUT2D eigenvalue weighted by molar-refractivity contribution is -0.116. The number of nitrogens with zero attached hydrogens (tertiary/aromatic N) is 1. The molecule has 0 aliphatic carbocycles. The van der Waals surface area contributed by atoms with Crippen LogP contribution in [0.15, 0.2) is 18.2 Å². The minimum Gasteiger partial charge on any atom is -0.375 e. The standard InChI is InChI=1S/C14H20ClN3OS/c1-18(2)14-11(15)4-3-5-12(14)17-13(19)8-10-9-20-7-6-16-10/h3-5,10,16H,6-9H2,1-2H3,(H,17,19). The van der Waals surface area contributed by atoms with Crippen LogP contribution in [0.2, 0.25) is 5.02 Å². The summed E-state index contributed by atoms with van der Waals surface area (Å²) in [7, 11) is 3.83. The number of carbonyl (C=O) groups excluding carboxylic acids is 1. The van der Waals surface area contributed by atoms with Gasteiger partial charge in [0.1, 0.15) is 0 Å². The molecule has 6 heteroatoms. The van der Waals surface area contributed by atoms with Gasteiger partial charge in [-0.1, -0.05) is 17.7 Å². The number of hydrogen-bond acceptors (Lipinski definition) is 4. The van der Waals surface area contributed by atoms with E-state index in [9.17, 15) is 4.79 Å². The maximum absolute atomic E-state index is 12.1. The van der Waals surface area contributed by atoms with E-state index in [2.05, 4.69) is 10.6 Å². The Labute approximate surface area is 129 Å². The van der Waals surface area contributed by atoms with Gasteiger partial charge in [-0.15, -0.1) is 0 Å². The van der Waals surface area contributed by atoms with Crippen LogP contribution in [0.5, 0.6) is 0 Å². The molecule has 1 fully saturated rings. The highest BCUT2D eigenvalue weighted by Crippen LogP contribution is 2.32. The zero-order valence-electron chi connectivity index (χ0n) is 11.8. The van der Waals surface area contributed by atoms with Crippen molar-refractivity contribution in [3.63, 3.8) is 0 Å². The summed E-state index contributed by atoms with van der Waals surface area (Å²) < 4.78 is 0. The van der Waals surface area contributed by atoms with Crippen LogP contribution in [0.1, 0.15) is 6.42 Å². The highest BCUT2D eigenvalue weighted by molar-refractivity contribution is 7.99. The SMILES string of the molecule is CN(C)c1c(Cl)cccc1NC(=O)CC1CSCCN1. The molecule has 110 valence electrons. The minimum absolute atomic E-state index is 0.0235. The van der Waals surface area contributed by atoms with Crippen molar-refractivity contribution in [2.24, 2.45) is 0 Å². The van der Waals surface area contributed by atoms with E-state index >= 15 is 0 Å². The van der Waals surface area contributed by atoms with E-state index in [1.807, 2.05) is 49.0 Å². The Morgan fingerprint density at radius 2 is 2.35 bits per heavy atom. The number of nitrogens with one attached hydrogen (secondary N) is 2. The number of anilines is 2. The van der Waals surface area contributed by atoms with E-state index < -0.39 is 0 Å². The molecule has 0 aromatic heterocycles. The molecule has 1 saturated heterocycles. The fourth-order valence-corrected chi connectivity index (χ4v) is 3.54. The van der Waals surface area contributed by atoms with Crippen LogP contribution in [0.25, 0.3) is 0 Å². The van der Waals surface area contributed by atoms with Gasteiger partial charge in [-0.3, -0.25) is 4.79 Å². The summed E-state index contributed by atoms with van der Waals surface area (Å²) in [5.41, 5.74) is 1.60. The summed E-state index contributed by atoms with van der Waals surface area (Å²) in [6, 6.07) is 5.81. The molecular weight excluding hydrogens is 294 g/mol. The zero-order chi connectivity index (χ0) is 14.5. The maximum Gasteiger partial charge on any atom is 0.226 e. The van der Waals surface area contributed by atoms with Crippen LogP contribution in [-0.2, 0) is 4.79 Å². The number of amides is 1. The van der Waals surface area contributed by atoms with E-state index in [-0.39, 0.29) is 11.9 Å². The molecule has 1 heterocycles. The largest absolute Gasteiger partial charge is 0.375 e. The van der Waals surface area contributed by atoms with Gasteiger partial charge in [-0.05, 0) is 12.1 Å². The molecule has 1 aromatic carbocycles. The second kappa shape index (κ2) is 7.20. The van der Waals surface area contributed by atoms with Gasteiger partial charge in [0.05, 0.1) is 16.4 Å². The number of rotatable bonds is 4. The van der Waals surface area contributed by atoms with Crippen molar-refractivity contribution in [3.8, 4) is 0 Å². The normalized spacial score (nSPS) is 18.6. The third kappa shape index (κ3) is 4.04. The highest BCUT2D eigenvalue weighted by atomic mass is 35.5. The molecule has 20 heavy (non-hydrogen) atoms. The van der Waals surface area contributed by atoms with Crippen LogP contribution in [-0.4, -0.2) is 44.1 Å². The van der Waals surface area contributed by atoms with Gasteiger partial charge in [0.2, 0.25) is 5.91 Å². The molecule has 0 radical (unpaired) electrons. The molecule has 0 bridgehead atoms. The molecule has 2 rings (SSSR count). The number of benzene rings is 1. The van der Waals surface area contributed by atoms with Crippen LogP contribution >= 0.6 is 23.4 Å². The number of halogens is 1. The summed E-state index contributed by atoms with van der Waals surface area (Å²) in [4.78, 5) is 14.1. The predicted molar refractivity (Wildman–Crippen MR) is 88.1 cm³/mol. The van der Waals surface area contributed by atoms with Crippen molar-refractivity contribution < 1.29 is 4.79 Å². The van der Waals surface area contributed by atoms with Crippen molar-refractivity contribution in [2.45, 2.75) is 12.5 Å². The van der Waals surface area contributed by atoms with Gasteiger partial charge in [-0.2, -0.15) is 11.8 Å². The van der Waals surface area contributed by atoms with Crippen molar-refractivity contribution in [1.29, 1.82) is 0 Å². The summed E-state index contributed by atoms with van der Waals surface area (Å²) >= 11 is 8.08. The second-order valence-corrected chi connectivity index (χ2v) is 6.57. The molecule has 1 aliphatic rings. The van der Waals surface area contributed by atoms with Gasteiger partial charge in [0, 0.05) is 44.6 Å². The summed E-state index contributed by atoms with van der Waals surface area (Å²) in [6.07, 6.45) is 0.492. The second-order valence-electron chi connectivity index (χ2n) is 5.01. The van der Waals surface area contributed by atoms with Crippen molar-refractivity contribution in [3.05, 3.63) is 23.2 Å². The Morgan fingerprint density at radius 1 is 1.55 bits per heavy atom. The Kier molecular flexibility index (Phi) is 5.57. The van der Waals surface area contributed by atoms with Crippen molar-refractivity contribution in [1.82, 2.24) is 5.32 Å². The third-order valence-electron chi connectivity index (χ3n) is 3.14. The van der Waals surface area contributed by atoms with Crippen molar-refractivity contribution >= 4 is 40.6 Å². The lowest BCUT2D eigenvalue weighted by atomic mass is 10.2. The Bertz CT molecular complexity index is 475. The first kappa shape index (κ1) is 15.5. The number of hydrogen-bond donors (Lipinski definition) is 2. The summed E-state index contributed by atoms with van der Waals surface area (Å²) in [5, 5.41) is 6.97. The lowest BCUT2D eigenvalue weighted by Crippen LogP contribution is -2.40. The Morgan fingerprint density at radius 3 is 3.00 bits per heavy atom. The van der Waals surface area contributed by atoms with E-state index in [4.69, 9.17) is 11.6 Å². The quantitative estimate of drug-likeness (QED) is 0.896. The van der Waals surface area contributed by atoms with Crippen LogP contribution < -0.4 is 15.5 Å². The zero-order valence-corrected chi connectivity index (χ0v) is 13.4. The maximum atomic E-state index is 12.1.